The molecule has 0 spiro atoms. The van der Waals surface area contributed by atoms with Crippen molar-refractivity contribution >= 4 is 44.7 Å². The summed E-state index contributed by atoms with van der Waals surface area (Å²) in [5.74, 6) is -0.154. The molecule has 1 aromatic heterocycles. The maximum absolute atomic E-state index is 12.9. The van der Waals surface area contributed by atoms with Crippen molar-refractivity contribution in [1.29, 1.82) is 0 Å². The van der Waals surface area contributed by atoms with Gasteiger partial charge in [-0.2, -0.15) is 0 Å². The Bertz CT molecular complexity index is 1150. The van der Waals surface area contributed by atoms with E-state index in [-0.39, 0.29) is 6.04 Å². The maximum Gasteiger partial charge on any atom is 0.293 e. The number of hydrogen-bond donors (Lipinski definition) is 1. The van der Waals surface area contributed by atoms with Crippen LogP contribution in [-0.4, -0.2) is 48.4 Å². The molecule has 2 aromatic carbocycles. The molecule has 5 rings (SSSR count). The number of carbonyl (C=O) groups excluding carboxylic acids is 2. The molecule has 2 fully saturated rings. The molecule has 0 bridgehead atoms. The van der Waals surface area contributed by atoms with Gasteiger partial charge in [0.2, 0.25) is 0 Å². The van der Waals surface area contributed by atoms with Gasteiger partial charge in [0.25, 0.3) is 11.7 Å². The number of likely N-dealkylation sites (tertiary alicyclic amines) is 1. The number of Topliss-reactive ketones (excluding diaryl/α,β-unsaturated/α-hetero) is 1. The minimum atomic E-state index is -0.550. The number of nitrogens with one attached hydrogen (secondary N) is 1. The normalized spacial score (nSPS) is 17.2. The zero-order chi connectivity index (χ0) is 22.8. The highest BCUT2D eigenvalue weighted by atomic mass is 35.5. The average Bonchev–Trinajstić information content (AvgIpc) is 3.29. The number of ketones is 1. The molecule has 1 aliphatic carbocycles. The second kappa shape index (κ2) is 9.84. The van der Waals surface area contributed by atoms with Gasteiger partial charge in [0, 0.05) is 22.3 Å². The molecule has 1 amide bonds. The van der Waals surface area contributed by atoms with E-state index in [1.54, 1.807) is 12.1 Å². The highest BCUT2D eigenvalue weighted by Crippen LogP contribution is 2.29. The van der Waals surface area contributed by atoms with Gasteiger partial charge < -0.3 is 15.0 Å². The number of nitrogens with zero attached hydrogens (tertiary/aromatic N) is 1. The summed E-state index contributed by atoms with van der Waals surface area (Å²) in [6.45, 7) is 2.80. The number of hydrogen-bond acceptors (Lipinski definition) is 5. The Hall–Kier alpha value is -2.41. The maximum atomic E-state index is 12.9. The second-order valence-electron chi connectivity index (χ2n) is 8.97. The van der Waals surface area contributed by atoms with Gasteiger partial charge in [-0.25, -0.2) is 0 Å². The molecule has 2 aliphatic rings. The lowest BCUT2D eigenvalue weighted by atomic mass is 10.0. The molecule has 0 radical (unpaired) electrons. The molecule has 1 aliphatic heterocycles. The Morgan fingerprint density at radius 3 is 2.58 bits per heavy atom. The third kappa shape index (κ3) is 5.75. The van der Waals surface area contributed by atoms with Crippen LogP contribution in [-0.2, 0) is 11.2 Å². The molecule has 1 N–H and O–H groups in total. The van der Waals surface area contributed by atoms with E-state index >= 15 is 0 Å². The van der Waals surface area contributed by atoms with E-state index in [0.29, 0.717) is 22.4 Å². The first kappa shape index (κ1) is 22.4. The standard InChI is InChI=1S/C26H27ClN2O3S/c27-19-6-5-18-14-24(33-23(18)15-19)25(30)26(31)28-20(16-29-11-1-2-12-29)13-17-3-7-21(8-4-17)32-22-9-10-22/h3-8,14-15,20,22H,1-2,9-13,16H2,(H,28,31). The number of amides is 1. The van der Waals surface area contributed by atoms with E-state index in [0.717, 1.165) is 53.9 Å². The van der Waals surface area contributed by atoms with Crippen LogP contribution < -0.4 is 10.1 Å². The van der Waals surface area contributed by atoms with Crippen molar-refractivity contribution < 1.29 is 14.3 Å². The Morgan fingerprint density at radius 2 is 1.85 bits per heavy atom. The van der Waals surface area contributed by atoms with E-state index < -0.39 is 11.7 Å². The summed E-state index contributed by atoms with van der Waals surface area (Å²) in [5.41, 5.74) is 1.12. The number of carbonyl (C=O) groups is 2. The van der Waals surface area contributed by atoms with Gasteiger partial charge in [-0.15, -0.1) is 11.3 Å². The molecule has 172 valence electrons. The van der Waals surface area contributed by atoms with Crippen LogP contribution in [0, 0.1) is 0 Å². The van der Waals surface area contributed by atoms with Crippen molar-refractivity contribution in [2.45, 2.75) is 44.2 Å². The van der Waals surface area contributed by atoms with Crippen molar-refractivity contribution in [2.24, 2.45) is 0 Å². The largest absolute Gasteiger partial charge is 0.490 e. The topological polar surface area (TPSA) is 58.6 Å². The summed E-state index contributed by atoms with van der Waals surface area (Å²) >= 11 is 7.37. The Labute approximate surface area is 202 Å². The number of fused-ring (bicyclic) bond motifs is 1. The summed E-state index contributed by atoms with van der Waals surface area (Å²) < 4.78 is 6.74. The van der Waals surface area contributed by atoms with E-state index in [1.165, 1.54) is 24.2 Å². The first-order valence-electron chi connectivity index (χ1n) is 11.6. The predicted octanol–water partition coefficient (Wildman–Crippen LogP) is 5.10. The van der Waals surface area contributed by atoms with Gasteiger partial charge >= 0.3 is 0 Å². The van der Waals surface area contributed by atoms with Crippen molar-refractivity contribution in [2.75, 3.05) is 19.6 Å². The third-order valence-corrected chi connectivity index (χ3v) is 7.49. The van der Waals surface area contributed by atoms with Crippen molar-refractivity contribution in [3.8, 4) is 5.75 Å². The Balaban J connectivity index is 1.27. The van der Waals surface area contributed by atoms with Crippen LogP contribution in [0.4, 0.5) is 0 Å². The van der Waals surface area contributed by atoms with Crippen molar-refractivity contribution in [3.63, 3.8) is 0 Å². The monoisotopic (exact) mass is 482 g/mol. The number of rotatable bonds is 9. The van der Waals surface area contributed by atoms with Crippen LogP contribution in [0.15, 0.2) is 48.5 Å². The lowest BCUT2D eigenvalue weighted by Gasteiger charge is -2.24. The molecule has 2 heterocycles. The summed E-state index contributed by atoms with van der Waals surface area (Å²) in [4.78, 5) is 28.6. The zero-order valence-corrected chi connectivity index (χ0v) is 20.0. The average molecular weight is 483 g/mol. The van der Waals surface area contributed by atoms with Gasteiger partial charge in [0.15, 0.2) is 0 Å². The van der Waals surface area contributed by atoms with E-state index in [4.69, 9.17) is 16.3 Å². The lowest BCUT2D eigenvalue weighted by Crippen LogP contribution is -2.46. The molecule has 3 aromatic rings. The van der Waals surface area contributed by atoms with E-state index in [9.17, 15) is 9.59 Å². The molecule has 5 nitrogen and oxygen atoms in total. The van der Waals surface area contributed by atoms with Gasteiger partial charge in [-0.05, 0) is 86.5 Å². The summed E-state index contributed by atoms with van der Waals surface area (Å²) in [7, 11) is 0. The molecule has 1 saturated heterocycles. The lowest BCUT2D eigenvalue weighted by molar-refractivity contribution is -0.117. The molecular weight excluding hydrogens is 456 g/mol. The van der Waals surface area contributed by atoms with Crippen LogP contribution in [0.5, 0.6) is 5.75 Å². The van der Waals surface area contributed by atoms with Crippen LogP contribution >= 0.6 is 22.9 Å². The van der Waals surface area contributed by atoms with Gasteiger partial charge in [0.1, 0.15) is 5.75 Å². The molecule has 7 heteroatoms. The fraction of sp³-hybridized carbons (Fsp3) is 0.385. The van der Waals surface area contributed by atoms with E-state index in [1.807, 2.05) is 24.3 Å². The second-order valence-corrected chi connectivity index (χ2v) is 10.5. The Morgan fingerprint density at radius 1 is 1.09 bits per heavy atom. The Kier molecular flexibility index (Phi) is 6.67. The van der Waals surface area contributed by atoms with Gasteiger partial charge in [0.05, 0.1) is 11.0 Å². The SMILES string of the molecule is O=C(NC(Cc1ccc(OC2CC2)cc1)CN1CCCC1)C(=O)c1cc2ccc(Cl)cc2s1. The minimum Gasteiger partial charge on any atom is -0.490 e. The molecule has 1 saturated carbocycles. The number of ether oxygens (including phenoxy) is 1. The molecule has 1 atom stereocenters. The molecular formula is C26H27ClN2O3S. The first-order valence-corrected chi connectivity index (χ1v) is 12.8. The van der Waals surface area contributed by atoms with Gasteiger partial charge in [-0.3, -0.25) is 9.59 Å². The van der Waals surface area contributed by atoms with Crippen molar-refractivity contribution in [1.82, 2.24) is 10.2 Å². The van der Waals surface area contributed by atoms with Crippen LogP contribution in [0.3, 0.4) is 0 Å². The van der Waals surface area contributed by atoms with Crippen molar-refractivity contribution in [3.05, 3.63) is 64.0 Å². The summed E-state index contributed by atoms with van der Waals surface area (Å²) in [6.07, 6.45) is 5.66. The fourth-order valence-corrected chi connectivity index (χ4v) is 5.56. The quantitative estimate of drug-likeness (QED) is 0.340. The number of halogens is 1. The summed E-state index contributed by atoms with van der Waals surface area (Å²) in [5, 5.41) is 4.56. The minimum absolute atomic E-state index is 0.140. The fourth-order valence-electron chi connectivity index (χ4n) is 4.28. The van der Waals surface area contributed by atoms with Crippen LogP contribution in [0.1, 0.15) is 40.9 Å². The summed E-state index contributed by atoms with van der Waals surface area (Å²) in [6, 6.07) is 15.2. The first-order chi connectivity index (χ1) is 16.0. The molecule has 1 unspecified atom stereocenters. The van der Waals surface area contributed by atoms with Crippen LogP contribution in [0.25, 0.3) is 10.1 Å². The predicted molar refractivity (Wildman–Crippen MR) is 133 cm³/mol. The smallest absolute Gasteiger partial charge is 0.293 e. The third-order valence-electron chi connectivity index (χ3n) is 6.16. The van der Waals surface area contributed by atoms with E-state index in [2.05, 4.69) is 22.3 Å². The van der Waals surface area contributed by atoms with Gasteiger partial charge in [-0.1, -0.05) is 29.8 Å². The number of benzene rings is 2. The zero-order valence-electron chi connectivity index (χ0n) is 18.4. The van der Waals surface area contributed by atoms with Crippen LogP contribution in [0.2, 0.25) is 5.02 Å². The highest BCUT2D eigenvalue weighted by molar-refractivity contribution is 7.21. The molecule has 33 heavy (non-hydrogen) atoms. The number of thiophene rings is 1. The highest BCUT2D eigenvalue weighted by Gasteiger charge is 2.25.